The Kier molecular flexibility index (Phi) is 4.10. The number of rotatable bonds is 3. The maximum atomic E-state index is 12.3. The summed E-state index contributed by atoms with van der Waals surface area (Å²) in [6, 6.07) is 6.63. The van der Waals surface area contributed by atoms with Crippen LogP contribution < -0.4 is 4.72 Å². The zero-order valence-corrected chi connectivity index (χ0v) is 12.5. The Bertz CT molecular complexity index is 582. The van der Waals surface area contributed by atoms with E-state index in [1.165, 1.54) is 0 Å². The van der Waals surface area contributed by atoms with E-state index >= 15 is 0 Å². The average Bonchev–Trinajstić information content (AvgIpc) is 2.27. The van der Waals surface area contributed by atoms with Gasteiger partial charge in [0.15, 0.2) is 11.1 Å². The second kappa shape index (κ2) is 5.32. The summed E-state index contributed by atoms with van der Waals surface area (Å²) in [5, 5.41) is 0. The number of sulfonamides is 1. The molecule has 5 nitrogen and oxygen atoms in total. The molecule has 19 heavy (non-hydrogen) atoms. The lowest BCUT2D eigenvalue weighted by Gasteiger charge is -2.32. The van der Waals surface area contributed by atoms with Crippen LogP contribution in [-0.2, 0) is 25.3 Å². The third-order valence-corrected chi connectivity index (χ3v) is 5.97. The van der Waals surface area contributed by atoms with E-state index < -0.39 is 26.6 Å². The van der Waals surface area contributed by atoms with Gasteiger partial charge >= 0.3 is 0 Å². The first-order valence-electron chi connectivity index (χ1n) is 5.93. The Balaban J connectivity index is 2.21. The highest BCUT2D eigenvalue weighted by molar-refractivity contribution is 7.89. The van der Waals surface area contributed by atoms with E-state index in [1.54, 1.807) is 31.2 Å². The van der Waals surface area contributed by atoms with Gasteiger partial charge in [-0.05, 0) is 32.4 Å². The quantitative estimate of drug-likeness (QED) is 0.908. The Morgan fingerprint density at radius 3 is 2.53 bits per heavy atom. The SMILES string of the molecule is Cc1ccc(S(=O)(=O)NC2(C)CCOS(=O)C2)cc1. The molecule has 0 spiro atoms. The van der Waals surface area contributed by atoms with Crippen molar-refractivity contribution in [1.29, 1.82) is 0 Å². The molecule has 0 aromatic heterocycles. The van der Waals surface area contributed by atoms with E-state index in [2.05, 4.69) is 4.72 Å². The fourth-order valence-electron chi connectivity index (χ4n) is 1.92. The molecule has 1 aromatic rings. The summed E-state index contributed by atoms with van der Waals surface area (Å²) in [5.74, 6) is 0.165. The topological polar surface area (TPSA) is 72.5 Å². The van der Waals surface area contributed by atoms with E-state index in [4.69, 9.17) is 4.18 Å². The molecule has 2 unspecified atom stereocenters. The summed E-state index contributed by atoms with van der Waals surface area (Å²) in [7, 11) is -3.60. The van der Waals surface area contributed by atoms with Crippen LogP contribution in [0.5, 0.6) is 0 Å². The smallest absolute Gasteiger partial charge is 0.241 e. The van der Waals surface area contributed by atoms with Crippen molar-refractivity contribution in [3.05, 3.63) is 29.8 Å². The fraction of sp³-hybridized carbons (Fsp3) is 0.500. The standard InChI is InChI=1S/C12H17NO4S2/c1-10-3-5-11(6-4-10)19(15,16)13-12(2)7-8-17-18(14)9-12/h3-6,13H,7-9H2,1-2H3. The number of benzene rings is 1. The van der Waals surface area contributed by atoms with Gasteiger partial charge in [0, 0.05) is 5.54 Å². The van der Waals surface area contributed by atoms with Gasteiger partial charge in [-0.1, -0.05) is 17.7 Å². The number of nitrogens with one attached hydrogen (secondary N) is 1. The first-order valence-corrected chi connectivity index (χ1v) is 8.66. The van der Waals surface area contributed by atoms with Crippen molar-refractivity contribution in [2.45, 2.75) is 30.7 Å². The number of aryl methyl sites for hydroxylation is 1. The molecule has 1 aliphatic rings. The van der Waals surface area contributed by atoms with Crippen molar-refractivity contribution in [3.8, 4) is 0 Å². The van der Waals surface area contributed by atoms with Gasteiger partial charge in [0.25, 0.3) is 0 Å². The second-order valence-electron chi connectivity index (χ2n) is 5.00. The summed E-state index contributed by atoms with van der Waals surface area (Å²) >= 11 is -1.43. The predicted molar refractivity (Wildman–Crippen MR) is 73.5 cm³/mol. The van der Waals surface area contributed by atoms with Crippen LogP contribution in [0.25, 0.3) is 0 Å². The molecular weight excluding hydrogens is 286 g/mol. The summed E-state index contributed by atoms with van der Waals surface area (Å²) < 4.78 is 43.5. The summed E-state index contributed by atoms with van der Waals surface area (Å²) in [6.45, 7) is 3.94. The summed E-state index contributed by atoms with van der Waals surface area (Å²) in [6.07, 6.45) is 0.504. The van der Waals surface area contributed by atoms with Crippen LogP contribution >= 0.6 is 0 Å². The van der Waals surface area contributed by atoms with Crippen LogP contribution in [0.15, 0.2) is 29.2 Å². The molecule has 2 atom stereocenters. The first kappa shape index (κ1) is 14.6. The lowest BCUT2D eigenvalue weighted by molar-refractivity contribution is 0.255. The monoisotopic (exact) mass is 303 g/mol. The van der Waals surface area contributed by atoms with Crippen LogP contribution in [-0.4, -0.2) is 30.5 Å². The summed E-state index contributed by atoms with van der Waals surface area (Å²) in [4.78, 5) is 0.219. The highest BCUT2D eigenvalue weighted by atomic mass is 32.2. The molecule has 0 radical (unpaired) electrons. The van der Waals surface area contributed by atoms with Gasteiger partial charge in [0.2, 0.25) is 10.0 Å². The van der Waals surface area contributed by atoms with Gasteiger partial charge < -0.3 is 0 Å². The van der Waals surface area contributed by atoms with Gasteiger partial charge in [-0.15, -0.1) is 0 Å². The van der Waals surface area contributed by atoms with Crippen LogP contribution in [0.4, 0.5) is 0 Å². The van der Waals surface area contributed by atoms with Crippen molar-refractivity contribution < 1.29 is 16.8 Å². The molecule has 1 saturated heterocycles. The Morgan fingerprint density at radius 1 is 1.32 bits per heavy atom. The van der Waals surface area contributed by atoms with Gasteiger partial charge in [-0.2, -0.15) is 0 Å². The largest absolute Gasteiger partial charge is 0.290 e. The molecule has 2 rings (SSSR count). The van der Waals surface area contributed by atoms with Gasteiger partial charge in [-0.25, -0.2) is 17.3 Å². The maximum Gasteiger partial charge on any atom is 0.241 e. The number of hydrogen-bond donors (Lipinski definition) is 1. The second-order valence-corrected chi connectivity index (χ2v) is 7.81. The molecule has 1 heterocycles. The van der Waals surface area contributed by atoms with Crippen LogP contribution in [0.1, 0.15) is 18.9 Å². The number of hydrogen-bond acceptors (Lipinski definition) is 4. The molecule has 106 valence electrons. The Hall–Kier alpha value is -0.760. The molecule has 0 saturated carbocycles. The average molecular weight is 303 g/mol. The van der Waals surface area contributed by atoms with E-state index in [0.717, 1.165) is 5.56 Å². The molecule has 0 amide bonds. The van der Waals surface area contributed by atoms with E-state index in [-0.39, 0.29) is 10.6 Å². The zero-order chi connectivity index (χ0) is 14.1. The van der Waals surface area contributed by atoms with Crippen LogP contribution in [0.2, 0.25) is 0 Å². The molecule has 7 heteroatoms. The normalized spacial score (nSPS) is 28.2. The minimum atomic E-state index is -3.60. The van der Waals surface area contributed by atoms with Crippen LogP contribution in [0, 0.1) is 6.92 Å². The fourth-order valence-corrected chi connectivity index (χ4v) is 4.53. The zero-order valence-electron chi connectivity index (χ0n) is 10.9. The highest BCUT2D eigenvalue weighted by Gasteiger charge is 2.35. The Labute approximate surface area is 116 Å². The molecule has 1 aliphatic heterocycles. The molecule has 1 aromatic carbocycles. The predicted octanol–water partition coefficient (Wildman–Crippen LogP) is 1.12. The minimum Gasteiger partial charge on any atom is -0.290 e. The molecule has 0 bridgehead atoms. The van der Waals surface area contributed by atoms with E-state index in [1.807, 2.05) is 6.92 Å². The lowest BCUT2D eigenvalue weighted by Crippen LogP contribution is -2.52. The van der Waals surface area contributed by atoms with Crippen molar-refractivity contribution in [3.63, 3.8) is 0 Å². The van der Waals surface area contributed by atoms with E-state index in [9.17, 15) is 12.6 Å². The van der Waals surface area contributed by atoms with Gasteiger partial charge in [0.1, 0.15) is 0 Å². The lowest BCUT2D eigenvalue weighted by atomic mass is 10.0. The summed E-state index contributed by atoms with van der Waals surface area (Å²) in [5.41, 5.74) is 0.268. The minimum absolute atomic E-state index is 0.165. The van der Waals surface area contributed by atoms with Gasteiger partial charge in [-0.3, -0.25) is 4.18 Å². The molecular formula is C12H17NO4S2. The third kappa shape index (κ3) is 3.62. The van der Waals surface area contributed by atoms with Crippen LogP contribution in [0.3, 0.4) is 0 Å². The van der Waals surface area contributed by atoms with E-state index in [0.29, 0.717) is 13.0 Å². The first-order chi connectivity index (χ1) is 8.81. The van der Waals surface area contributed by atoms with Gasteiger partial charge in [0.05, 0.1) is 17.3 Å². The van der Waals surface area contributed by atoms with Crippen molar-refractivity contribution >= 4 is 21.1 Å². The highest BCUT2D eigenvalue weighted by Crippen LogP contribution is 2.21. The van der Waals surface area contributed by atoms with Crippen molar-refractivity contribution in [2.24, 2.45) is 0 Å². The van der Waals surface area contributed by atoms with Crippen molar-refractivity contribution in [1.82, 2.24) is 4.72 Å². The molecule has 0 aliphatic carbocycles. The third-order valence-electron chi connectivity index (χ3n) is 3.02. The molecule has 1 fully saturated rings. The Morgan fingerprint density at radius 2 is 1.95 bits per heavy atom. The maximum absolute atomic E-state index is 12.3. The van der Waals surface area contributed by atoms with Crippen molar-refractivity contribution in [2.75, 3.05) is 12.4 Å². The molecule has 1 N–H and O–H groups in total.